The maximum Gasteiger partial charge on any atom is 0.306 e. The molecule has 0 aromatic carbocycles. The third-order valence-corrected chi connectivity index (χ3v) is 4.41. The van der Waals surface area contributed by atoms with Crippen molar-refractivity contribution < 1.29 is 18.2 Å². The van der Waals surface area contributed by atoms with E-state index in [9.17, 15) is 9.36 Å². The first-order valence-corrected chi connectivity index (χ1v) is 8.15. The molecular weight excluding hydrogens is 307 g/mol. The maximum absolute atomic E-state index is 12.7. The van der Waals surface area contributed by atoms with Crippen LogP contribution in [-0.4, -0.2) is 5.91 Å². The van der Waals surface area contributed by atoms with Crippen molar-refractivity contribution in [3.8, 4) is 6.07 Å². The van der Waals surface area contributed by atoms with Crippen molar-refractivity contribution in [3.63, 3.8) is 0 Å². The van der Waals surface area contributed by atoms with Crippen molar-refractivity contribution in [2.75, 3.05) is 0 Å². The van der Waals surface area contributed by atoms with E-state index >= 15 is 0 Å². The van der Waals surface area contributed by atoms with Gasteiger partial charge < -0.3 is 8.83 Å². The van der Waals surface area contributed by atoms with Crippen LogP contribution in [0.2, 0.25) is 0 Å². The van der Waals surface area contributed by atoms with Crippen LogP contribution in [0.3, 0.4) is 0 Å². The molecule has 0 aliphatic heterocycles. The normalized spacial score (nSPS) is 11.0. The van der Waals surface area contributed by atoms with E-state index in [1.54, 1.807) is 30.3 Å². The second-order valence-corrected chi connectivity index (χ2v) is 6.38. The average molecular weight is 322 g/mol. The van der Waals surface area contributed by atoms with Crippen LogP contribution >= 0.6 is 7.59 Å². The number of hydrogen-bond acceptors (Lipinski definition) is 5. The van der Waals surface area contributed by atoms with Crippen LogP contribution in [0.5, 0.6) is 0 Å². The lowest BCUT2D eigenvalue weighted by molar-refractivity contribution is -0.118. The fourth-order valence-corrected chi connectivity index (χ4v) is 3.08. The monoisotopic (exact) mass is 322 g/mol. The molecule has 0 bridgehead atoms. The molecule has 0 aliphatic carbocycles. The SMILES string of the molecule is N#CCC(=O)NP(=O)(NCc1ccco1)NCc1ccco1. The fraction of sp³-hybridized carbons (Fsp3) is 0.231. The predicted octanol–water partition coefficient (Wildman–Crippen LogP) is 1.89. The summed E-state index contributed by atoms with van der Waals surface area (Å²) >= 11 is 0. The molecule has 0 atom stereocenters. The van der Waals surface area contributed by atoms with E-state index < -0.39 is 13.5 Å². The largest absolute Gasteiger partial charge is 0.468 e. The summed E-state index contributed by atoms with van der Waals surface area (Å²) < 4.78 is 23.0. The molecule has 8 nitrogen and oxygen atoms in total. The van der Waals surface area contributed by atoms with Crippen molar-refractivity contribution in [1.29, 1.82) is 5.26 Å². The number of carbonyl (C=O) groups excluding carboxylic acids is 1. The Kier molecular flexibility index (Phi) is 5.55. The minimum absolute atomic E-state index is 0.155. The second kappa shape index (κ2) is 7.61. The Hall–Kier alpha value is -2.33. The fourth-order valence-electron chi connectivity index (χ4n) is 1.63. The zero-order valence-corrected chi connectivity index (χ0v) is 12.5. The molecule has 3 N–H and O–H groups in total. The van der Waals surface area contributed by atoms with E-state index in [1.165, 1.54) is 12.5 Å². The highest BCUT2D eigenvalue weighted by Crippen LogP contribution is 2.31. The summed E-state index contributed by atoms with van der Waals surface area (Å²) in [5.74, 6) is 0.494. The predicted molar refractivity (Wildman–Crippen MR) is 77.1 cm³/mol. The Morgan fingerprint density at radius 2 is 1.68 bits per heavy atom. The van der Waals surface area contributed by atoms with Crippen LogP contribution in [0.4, 0.5) is 0 Å². The molecule has 1 amide bonds. The molecule has 0 aliphatic rings. The van der Waals surface area contributed by atoms with Gasteiger partial charge in [-0.2, -0.15) is 5.26 Å². The van der Waals surface area contributed by atoms with Gasteiger partial charge in [-0.05, 0) is 24.3 Å². The molecule has 9 heteroatoms. The van der Waals surface area contributed by atoms with Gasteiger partial charge in [0.15, 0.2) is 0 Å². The van der Waals surface area contributed by atoms with Crippen molar-refractivity contribution in [1.82, 2.24) is 15.3 Å². The van der Waals surface area contributed by atoms with E-state index in [-0.39, 0.29) is 19.5 Å². The molecule has 0 unspecified atom stereocenters. The van der Waals surface area contributed by atoms with Crippen LogP contribution in [0.1, 0.15) is 17.9 Å². The number of rotatable bonds is 8. The maximum atomic E-state index is 12.7. The third-order valence-electron chi connectivity index (χ3n) is 2.63. The third kappa shape index (κ3) is 4.90. The lowest BCUT2D eigenvalue weighted by Gasteiger charge is -2.20. The molecule has 2 aromatic rings. The number of furan rings is 2. The Labute approximate surface area is 127 Å². The highest BCUT2D eigenvalue weighted by Gasteiger charge is 2.24. The minimum Gasteiger partial charge on any atom is -0.468 e. The Balaban J connectivity index is 1.99. The molecular formula is C13H15N4O4P. The highest BCUT2D eigenvalue weighted by atomic mass is 31.2. The molecule has 2 aromatic heterocycles. The Morgan fingerprint density at radius 3 is 2.09 bits per heavy atom. The van der Waals surface area contributed by atoms with Gasteiger partial charge in [0.2, 0.25) is 5.91 Å². The lowest BCUT2D eigenvalue weighted by atomic mass is 10.5. The van der Waals surface area contributed by atoms with Gasteiger partial charge in [0, 0.05) is 0 Å². The molecule has 22 heavy (non-hydrogen) atoms. The van der Waals surface area contributed by atoms with Crippen molar-refractivity contribution in [3.05, 3.63) is 48.3 Å². The Bertz CT molecular complexity index is 633. The second-order valence-electron chi connectivity index (χ2n) is 4.31. The van der Waals surface area contributed by atoms with Gasteiger partial charge in [-0.25, -0.2) is 10.2 Å². The van der Waals surface area contributed by atoms with Crippen LogP contribution in [0.25, 0.3) is 0 Å². The van der Waals surface area contributed by atoms with E-state index in [2.05, 4.69) is 15.3 Å². The van der Waals surface area contributed by atoms with E-state index in [0.29, 0.717) is 11.5 Å². The number of amides is 1. The zero-order chi connectivity index (χ0) is 15.8. The Morgan fingerprint density at radius 1 is 1.14 bits per heavy atom. The standard InChI is InChI=1S/C13H15N4O4P/c14-6-5-13(18)17-22(19,15-9-11-3-1-7-20-11)16-10-12-4-2-8-21-12/h1-4,7-8H,5,9-10H2,(H3,15,16,17,18,19). The van der Waals surface area contributed by atoms with E-state index in [1.807, 2.05) is 0 Å². The van der Waals surface area contributed by atoms with Crippen LogP contribution < -0.4 is 15.3 Å². The molecule has 2 rings (SSSR count). The molecule has 0 fully saturated rings. The minimum atomic E-state index is -3.46. The number of hydrogen-bond donors (Lipinski definition) is 3. The van der Waals surface area contributed by atoms with Gasteiger partial charge in [-0.15, -0.1) is 0 Å². The van der Waals surface area contributed by atoms with Gasteiger partial charge in [0.05, 0.1) is 31.7 Å². The molecule has 116 valence electrons. The molecule has 0 spiro atoms. The van der Waals surface area contributed by atoms with Gasteiger partial charge in [-0.1, -0.05) is 0 Å². The summed E-state index contributed by atoms with van der Waals surface area (Å²) in [7, 11) is -3.46. The van der Waals surface area contributed by atoms with Crippen molar-refractivity contribution in [2.24, 2.45) is 0 Å². The lowest BCUT2D eigenvalue weighted by Crippen LogP contribution is -2.34. The molecule has 0 saturated heterocycles. The van der Waals surface area contributed by atoms with Gasteiger partial charge >= 0.3 is 7.59 Å². The van der Waals surface area contributed by atoms with Gasteiger partial charge in [0.25, 0.3) is 0 Å². The van der Waals surface area contributed by atoms with E-state index in [4.69, 9.17) is 14.1 Å². The number of nitrogens with one attached hydrogen (secondary N) is 3. The first-order chi connectivity index (χ1) is 10.6. The summed E-state index contributed by atoms with van der Waals surface area (Å²) in [5.41, 5.74) is 0. The zero-order valence-electron chi connectivity index (χ0n) is 11.6. The van der Waals surface area contributed by atoms with Crippen molar-refractivity contribution in [2.45, 2.75) is 19.5 Å². The van der Waals surface area contributed by atoms with Crippen molar-refractivity contribution >= 4 is 13.5 Å². The number of carbonyl (C=O) groups is 1. The summed E-state index contributed by atoms with van der Waals surface area (Å²) in [6, 6.07) is 8.52. The van der Waals surface area contributed by atoms with Crippen LogP contribution in [0, 0.1) is 11.3 Å². The summed E-state index contributed by atoms with van der Waals surface area (Å²) in [6.45, 7) is 0.310. The molecule has 2 heterocycles. The first kappa shape index (κ1) is 16.0. The topological polar surface area (TPSA) is 120 Å². The number of nitrogens with zero attached hydrogens (tertiary/aromatic N) is 1. The van der Waals surface area contributed by atoms with Gasteiger partial charge in [-0.3, -0.25) is 14.4 Å². The van der Waals surface area contributed by atoms with E-state index in [0.717, 1.165) is 0 Å². The van der Waals surface area contributed by atoms with Gasteiger partial charge in [0.1, 0.15) is 17.9 Å². The summed E-state index contributed by atoms with van der Waals surface area (Å²) in [4.78, 5) is 11.5. The quantitative estimate of drug-likeness (QED) is 0.635. The van der Waals surface area contributed by atoms with Crippen LogP contribution in [0.15, 0.2) is 45.6 Å². The summed E-state index contributed by atoms with van der Waals surface area (Å²) in [6.07, 6.45) is 2.60. The van der Waals surface area contributed by atoms with Crippen LogP contribution in [-0.2, 0) is 22.4 Å². The smallest absolute Gasteiger partial charge is 0.306 e. The first-order valence-electron chi connectivity index (χ1n) is 6.44. The molecule has 0 saturated carbocycles. The molecule has 0 radical (unpaired) electrons. The number of nitriles is 1. The highest BCUT2D eigenvalue weighted by molar-refractivity contribution is 7.58. The summed E-state index contributed by atoms with van der Waals surface area (Å²) in [5, 5.41) is 16.3. The average Bonchev–Trinajstić information content (AvgIpc) is 3.17.